The summed E-state index contributed by atoms with van der Waals surface area (Å²) in [5.74, 6) is -0.0162. The molecule has 0 spiro atoms. The maximum absolute atomic E-state index is 10.7. The van der Waals surface area contributed by atoms with Crippen molar-refractivity contribution in [3.8, 4) is 11.3 Å². The first-order chi connectivity index (χ1) is 12.1. The first-order valence-electron chi connectivity index (χ1n) is 8.75. The molecule has 1 aromatic heterocycles. The van der Waals surface area contributed by atoms with Gasteiger partial charge < -0.3 is 16.2 Å². The van der Waals surface area contributed by atoms with Gasteiger partial charge in [-0.2, -0.15) is 0 Å². The molecule has 0 radical (unpaired) electrons. The lowest BCUT2D eigenvalue weighted by molar-refractivity contribution is -0.136. The maximum Gasteiger partial charge on any atom is 0.303 e. The first-order valence-corrected chi connectivity index (χ1v) is 8.75. The van der Waals surface area contributed by atoms with E-state index < -0.39 is 5.97 Å². The zero-order chi connectivity index (χ0) is 17.6. The summed E-state index contributed by atoms with van der Waals surface area (Å²) in [5, 5.41) is 12.3. The molecule has 0 amide bonds. The van der Waals surface area contributed by atoms with Gasteiger partial charge in [0.25, 0.3) is 0 Å². The molecule has 1 aliphatic carbocycles. The predicted octanol–water partition coefficient (Wildman–Crippen LogP) is 2.84. The van der Waals surface area contributed by atoms with Gasteiger partial charge in [0.1, 0.15) is 5.82 Å². The molecule has 6 nitrogen and oxygen atoms in total. The number of aliphatic carboxylic acids is 1. The molecule has 1 aliphatic rings. The molecular weight excluding hydrogens is 316 g/mol. The number of hydrogen-bond acceptors (Lipinski definition) is 5. The van der Waals surface area contributed by atoms with E-state index >= 15 is 0 Å². The summed E-state index contributed by atoms with van der Waals surface area (Å²) >= 11 is 0. The number of nitrogens with zero attached hydrogens (tertiary/aromatic N) is 2. The summed E-state index contributed by atoms with van der Waals surface area (Å²) in [6.45, 7) is 0. The van der Waals surface area contributed by atoms with E-state index in [0.29, 0.717) is 18.5 Å². The molecule has 1 saturated carbocycles. The van der Waals surface area contributed by atoms with Gasteiger partial charge in [-0.15, -0.1) is 0 Å². The zero-order valence-corrected chi connectivity index (χ0v) is 14.2. The molecule has 1 fully saturated rings. The Kier molecular flexibility index (Phi) is 5.60. The van der Waals surface area contributed by atoms with E-state index in [1.165, 1.54) is 0 Å². The second-order valence-corrected chi connectivity index (χ2v) is 6.64. The number of carboxylic acids is 1. The van der Waals surface area contributed by atoms with E-state index in [2.05, 4.69) is 15.3 Å². The Bertz CT molecular complexity index is 727. The lowest BCUT2D eigenvalue weighted by Gasteiger charge is -2.27. The molecule has 0 aliphatic heterocycles. The van der Waals surface area contributed by atoms with Crippen LogP contribution in [0.25, 0.3) is 11.3 Å². The molecule has 0 unspecified atom stereocenters. The van der Waals surface area contributed by atoms with Crippen LogP contribution in [0, 0.1) is 0 Å². The van der Waals surface area contributed by atoms with Crippen molar-refractivity contribution in [1.29, 1.82) is 0 Å². The van der Waals surface area contributed by atoms with Gasteiger partial charge in [0.15, 0.2) is 0 Å². The fourth-order valence-electron chi connectivity index (χ4n) is 3.18. The minimum atomic E-state index is -0.788. The average molecular weight is 340 g/mol. The van der Waals surface area contributed by atoms with Gasteiger partial charge in [0.05, 0.1) is 18.1 Å². The van der Waals surface area contributed by atoms with Crippen molar-refractivity contribution < 1.29 is 9.90 Å². The molecule has 6 heteroatoms. The number of aromatic nitrogens is 2. The van der Waals surface area contributed by atoms with Crippen LogP contribution < -0.4 is 11.1 Å². The lowest BCUT2D eigenvalue weighted by atomic mass is 9.92. The van der Waals surface area contributed by atoms with Gasteiger partial charge in [0.2, 0.25) is 0 Å². The highest BCUT2D eigenvalue weighted by Crippen LogP contribution is 2.23. The number of nitrogens with two attached hydrogens (primary N) is 1. The third-order valence-electron chi connectivity index (χ3n) is 4.61. The smallest absolute Gasteiger partial charge is 0.303 e. The van der Waals surface area contributed by atoms with Gasteiger partial charge in [-0.05, 0) is 43.7 Å². The van der Waals surface area contributed by atoms with Crippen LogP contribution in [0.2, 0.25) is 0 Å². The maximum atomic E-state index is 10.7. The van der Waals surface area contributed by atoms with Crippen molar-refractivity contribution >= 4 is 11.8 Å². The second kappa shape index (κ2) is 8.07. The summed E-state index contributed by atoms with van der Waals surface area (Å²) in [6.07, 6.45) is 8.30. The van der Waals surface area contributed by atoms with E-state index in [-0.39, 0.29) is 6.42 Å². The normalized spacial score (nSPS) is 20.2. The van der Waals surface area contributed by atoms with E-state index in [1.807, 2.05) is 24.3 Å². The Morgan fingerprint density at radius 2 is 2.04 bits per heavy atom. The van der Waals surface area contributed by atoms with Gasteiger partial charge in [0, 0.05) is 24.1 Å². The monoisotopic (exact) mass is 340 g/mol. The van der Waals surface area contributed by atoms with Crippen LogP contribution in [0.15, 0.2) is 36.7 Å². The summed E-state index contributed by atoms with van der Waals surface area (Å²) in [6, 6.07) is 8.54. The van der Waals surface area contributed by atoms with Crippen molar-refractivity contribution in [2.45, 2.75) is 50.6 Å². The van der Waals surface area contributed by atoms with Crippen LogP contribution >= 0.6 is 0 Å². The van der Waals surface area contributed by atoms with Crippen LogP contribution in [0.3, 0.4) is 0 Å². The van der Waals surface area contributed by atoms with Crippen LogP contribution in [-0.4, -0.2) is 33.1 Å². The van der Waals surface area contributed by atoms with Gasteiger partial charge >= 0.3 is 5.97 Å². The van der Waals surface area contributed by atoms with Gasteiger partial charge in [-0.1, -0.05) is 18.2 Å². The quantitative estimate of drug-likeness (QED) is 0.747. The average Bonchev–Trinajstić information content (AvgIpc) is 2.62. The zero-order valence-electron chi connectivity index (χ0n) is 14.2. The lowest BCUT2D eigenvalue weighted by Crippen LogP contribution is -2.33. The minimum absolute atomic E-state index is 0.126. The third-order valence-corrected chi connectivity index (χ3v) is 4.61. The molecule has 3 rings (SSSR count). The van der Waals surface area contributed by atoms with Crippen molar-refractivity contribution in [3.05, 3.63) is 42.2 Å². The number of benzene rings is 1. The van der Waals surface area contributed by atoms with Crippen molar-refractivity contribution in [2.75, 3.05) is 5.32 Å². The highest BCUT2D eigenvalue weighted by Gasteiger charge is 2.18. The van der Waals surface area contributed by atoms with Crippen LogP contribution in [0.5, 0.6) is 0 Å². The highest BCUT2D eigenvalue weighted by molar-refractivity contribution is 5.67. The largest absolute Gasteiger partial charge is 0.481 e. The summed E-state index contributed by atoms with van der Waals surface area (Å²) < 4.78 is 0. The van der Waals surface area contributed by atoms with Gasteiger partial charge in [-0.3, -0.25) is 9.78 Å². The van der Waals surface area contributed by atoms with Crippen LogP contribution in [-0.2, 0) is 11.2 Å². The van der Waals surface area contributed by atoms with Crippen LogP contribution in [0.4, 0.5) is 5.82 Å². The van der Waals surface area contributed by atoms with Gasteiger partial charge in [-0.25, -0.2) is 4.98 Å². The number of nitrogens with one attached hydrogen (secondary N) is 1. The Morgan fingerprint density at radius 1 is 1.24 bits per heavy atom. The van der Waals surface area contributed by atoms with E-state index in [4.69, 9.17) is 10.8 Å². The number of carboxylic acid groups (broad SMARTS) is 1. The second-order valence-electron chi connectivity index (χ2n) is 6.64. The topological polar surface area (TPSA) is 101 Å². The number of rotatable bonds is 6. The van der Waals surface area contributed by atoms with Crippen molar-refractivity contribution in [2.24, 2.45) is 5.73 Å². The fourth-order valence-corrected chi connectivity index (χ4v) is 3.18. The highest BCUT2D eigenvalue weighted by atomic mass is 16.4. The fraction of sp³-hybridized carbons (Fsp3) is 0.421. The molecule has 132 valence electrons. The molecule has 2 aromatic rings. The summed E-state index contributed by atoms with van der Waals surface area (Å²) in [7, 11) is 0. The van der Waals surface area contributed by atoms with E-state index in [0.717, 1.165) is 48.3 Å². The molecule has 0 bridgehead atoms. The van der Waals surface area contributed by atoms with Crippen LogP contribution in [0.1, 0.15) is 37.7 Å². The standard InChI is InChI=1S/C19H24N4O2/c20-15-5-7-16(8-6-15)22-18-12-21-11-17(23-18)14-3-1-2-13(10-14)4-9-19(24)25/h1-3,10-12,15-16H,4-9,20H2,(H,22,23)(H,24,25). The third kappa shape index (κ3) is 5.00. The Labute approximate surface area is 147 Å². The molecule has 1 aromatic carbocycles. The molecular formula is C19H24N4O2. The first kappa shape index (κ1) is 17.4. The van der Waals surface area contributed by atoms with E-state index in [1.54, 1.807) is 12.4 Å². The number of carbonyl (C=O) groups is 1. The Balaban J connectivity index is 1.70. The summed E-state index contributed by atoms with van der Waals surface area (Å²) in [5.41, 5.74) is 8.68. The van der Waals surface area contributed by atoms with Crippen molar-refractivity contribution in [1.82, 2.24) is 9.97 Å². The molecule has 1 heterocycles. The minimum Gasteiger partial charge on any atom is -0.481 e. The molecule has 0 atom stereocenters. The SMILES string of the molecule is NC1CCC(Nc2cncc(-c3cccc(CCC(=O)O)c3)n2)CC1. The number of hydrogen-bond donors (Lipinski definition) is 3. The number of anilines is 1. The number of aryl methyl sites for hydroxylation is 1. The van der Waals surface area contributed by atoms with E-state index in [9.17, 15) is 4.79 Å². The van der Waals surface area contributed by atoms with Crippen molar-refractivity contribution in [3.63, 3.8) is 0 Å². The molecule has 25 heavy (non-hydrogen) atoms. The summed E-state index contributed by atoms with van der Waals surface area (Å²) in [4.78, 5) is 19.7. The molecule has 0 saturated heterocycles. The Morgan fingerprint density at radius 3 is 2.80 bits per heavy atom. The Hall–Kier alpha value is -2.47. The molecule has 4 N–H and O–H groups in total. The predicted molar refractivity (Wildman–Crippen MR) is 97.3 cm³/mol.